The lowest BCUT2D eigenvalue weighted by atomic mass is 9.70. The Balaban J connectivity index is 1.03. The van der Waals surface area contributed by atoms with Crippen molar-refractivity contribution in [3.8, 4) is 44.5 Å². The van der Waals surface area contributed by atoms with Crippen LogP contribution in [0.5, 0.6) is 0 Å². The number of para-hydroxylation sites is 1. The Bertz CT molecular complexity index is 4000. The molecule has 1 atom stereocenters. The summed E-state index contributed by atoms with van der Waals surface area (Å²) in [6, 6.07) is 95.9. The second kappa shape index (κ2) is 14.6. The zero-order chi connectivity index (χ0) is 45.2. The molecule has 0 saturated heterocycles. The van der Waals surface area contributed by atoms with E-state index in [1.54, 1.807) is 0 Å². The molecule has 0 bridgehead atoms. The number of hydrogen-bond donors (Lipinski definition) is 0. The highest BCUT2D eigenvalue weighted by molar-refractivity contribution is 6.26. The molecule has 320 valence electrons. The van der Waals surface area contributed by atoms with Crippen LogP contribution in [0.1, 0.15) is 44.9 Å². The van der Waals surface area contributed by atoms with Gasteiger partial charge in [0, 0.05) is 22.7 Å². The third kappa shape index (κ3) is 5.25. The topological polar surface area (TPSA) is 3.24 Å². The molecule has 12 aromatic carbocycles. The van der Waals surface area contributed by atoms with Crippen LogP contribution in [0.4, 0.5) is 17.1 Å². The Kier molecular flexibility index (Phi) is 8.12. The summed E-state index contributed by atoms with van der Waals surface area (Å²) in [5.74, 6) is 0.184. The molecule has 1 nitrogen and oxygen atoms in total. The van der Waals surface area contributed by atoms with E-state index in [-0.39, 0.29) is 5.92 Å². The van der Waals surface area contributed by atoms with E-state index in [1.807, 2.05) is 0 Å². The maximum atomic E-state index is 2.60. The lowest BCUT2D eigenvalue weighted by molar-refractivity contribution is 0.793. The van der Waals surface area contributed by atoms with E-state index in [4.69, 9.17) is 0 Å². The average molecular weight is 874 g/mol. The minimum Gasteiger partial charge on any atom is -0.309 e. The number of nitrogens with zero attached hydrogens (tertiary/aromatic N) is 1. The van der Waals surface area contributed by atoms with E-state index in [2.05, 4.69) is 260 Å². The summed E-state index contributed by atoms with van der Waals surface area (Å²) in [6.07, 6.45) is 0. The Morgan fingerprint density at radius 1 is 0.290 bits per heavy atom. The van der Waals surface area contributed by atoms with Crippen molar-refractivity contribution < 1.29 is 0 Å². The fraction of sp³-hybridized carbons (Fsp3) is 0.0294. The number of fused-ring (bicyclic) bond motifs is 19. The molecule has 3 aliphatic carbocycles. The van der Waals surface area contributed by atoms with Crippen LogP contribution in [0.15, 0.2) is 255 Å². The van der Waals surface area contributed by atoms with Gasteiger partial charge in [0.1, 0.15) is 0 Å². The molecule has 0 saturated carbocycles. The molecule has 3 aliphatic rings. The first-order valence-corrected chi connectivity index (χ1v) is 24.2. The van der Waals surface area contributed by atoms with Gasteiger partial charge in [0.15, 0.2) is 0 Å². The fourth-order valence-electron chi connectivity index (χ4n) is 13.0. The predicted octanol–water partition coefficient (Wildman–Crippen LogP) is 17.8. The highest BCUT2D eigenvalue weighted by atomic mass is 15.1. The monoisotopic (exact) mass is 873 g/mol. The van der Waals surface area contributed by atoms with Gasteiger partial charge in [-0.2, -0.15) is 0 Å². The molecule has 0 amide bonds. The summed E-state index contributed by atoms with van der Waals surface area (Å²) in [5, 5.41) is 7.58. The van der Waals surface area contributed by atoms with Crippen LogP contribution in [-0.4, -0.2) is 0 Å². The van der Waals surface area contributed by atoms with Gasteiger partial charge in [-0.05, 0) is 135 Å². The molecule has 1 unspecified atom stereocenters. The second-order valence-electron chi connectivity index (χ2n) is 19.0. The molecule has 0 aromatic heterocycles. The van der Waals surface area contributed by atoms with E-state index < -0.39 is 5.41 Å². The van der Waals surface area contributed by atoms with Crippen LogP contribution in [-0.2, 0) is 5.41 Å². The van der Waals surface area contributed by atoms with Crippen molar-refractivity contribution in [2.24, 2.45) is 0 Å². The van der Waals surface area contributed by atoms with Crippen molar-refractivity contribution in [2.75, 3.05) is 4.90 Å². The highest BCUT2D eigenvalue weighted by Crippen LogP contribution is 2.65. The van der Waals surface area contributed by atoms with Crippen LogP contribution < -0.4 is 4.90 Å². The summed E-state index contributed by atoms with van der Waals surface area (Å²) >= 11 is 0. The quantitative estimate of drug-likeness (QED) is 0.156. The van der Waals surface area contributed by atoms with Gasteiger partial charge < -0.3 is 4.90 Å². The fourth-order valence-corrected chi connectivity index (χ4v) is 13.0. The van der Waals surface area contributed by atoms with Gasteiger partial charge in [0.2, 0.25) is 0 Å². The zero-order valence-corrected chi connectivity index (χ0v) is 37.8. The normalized spacial score (nSPS) is 14.3. The van der Waals surface area contributed by atoms with Crippen molar-refractivity contribution >= 4 is 49.4 Å². The molecule has 69 heavy (non-hydrogen) atoms. The summed E-state index contributed by atoms with van der Waals surface area (Å²) < 4.78 is 0. The molecule has 15 rings (SSSR count). The van der Waals surface area contributed by atoms with Gasteiger partial charge in [0.05, 0.1) is 16.8 Å². The zero-order valence-electron chi connectivity index (χ0n) is 37.8. The minimum absolute atomic E-state index is 0.184. The van der Waals surface area contributed by atoms with Gasteiger partial charge in [-0.15, -0.1) is 0 Å². The van der Waals surface area contributed by atoms with E-state index in [0.717, 1.165) is 11.4 Å². The molecule has 0 aliphatic heterocycles. The van der Waals surface area contributed by atoms with Gasteiger partial charge in [0.25, 0.3) is 0 Å². The largest absolute Gasteiger partial charge is 0.309 e. The Labute approximate surface area is 401 Å². The first-order valence-electron chi connectivity index (χ1n) is 24.2. The Hall–Kier alpha value is -8.78. The van der Waals surface area contributed by atoms with E-state index >= 15 is 0 Å². The van der Waals surface area contributed by atoms with Crippen molar-refractivity contribution in [2.45, 2.75) is 11.3 Å². The summed E-state index contributed by atoms with van der Waals surface area (Å²) in [7, 11) is 0. The summed E-state index contributed by atoms with van der Waals surface area (Å²) in [6.45, 7) is 0. The van der Waals surface area contributed by atoms with Crippen LogP contribution in [0.2, 0.25) is 0 Å². The van der Waals surface area contributed by atoms with E-state index in [0.29, 0.717) is 0 Å². The molecule has 0 heterocycles. The summed E-state index contributed by atoms with van der Waals surface area (Å²) in [4.78, 5) is 2.60. The maximum Gasteiger partial charge on any atom is 0.0746 e. The average Bonchev–Trinajstić information content (AvgIpc) is 4.03. The first-order chi connectivity index (χ1) is 34.3. The number of hydrogen-bond acceptors (Lipinski definition) is 1. The SMILES string of the molecule is c1ccc(C2c3ccccc3-c3cc(-c4ccccc4N(c4ccc5c6ccccc6c6ccccc6c5c4)c4cccc5c4C4(c6ccccc6-c6ccccc64)c4ccccc4-5)ccc32)cc1. The molecule has 1 heteroatoms. The van der Waals surface area contributed by atoms with Gasteiger partial charge in [-0.25, -0.2) is 0 Å². The van der Waals surface area contributed by atoms with Crippen molar-refractivity contribution in [1.82, 2.24) is 0 Å². The van der Waals surface area contributed by atoms with Crippen molar-refractivity contribution in [3.05, 3.63) is 294 Å². The van der Waals surface area contributed by atoms with Crippen LogP contribution in [0.3, 0.4) is 0 Å². The Morgan fingerprint density at radius 3 is 1.43 bits per heavy atom. The minimum atomic E-state index is -0.549. The van der Waals surface area contributed by atoms with E-state index in [1.165, 1.54) is 121 Å². The van der Waals surface area contributed by atoms with Crippen LogP contribution in [0.25, 0.3) is 76.8 Å². The molecule has 0 radical (unpaired) electrons. The molecule has 12 aromatic rings. The van der Waals surface area contributed by atoms with E-state index in [9.17, 15) is 0 Å². The third-order valence-electron chi connectivity index (χ3n) is 15.7. The van der Waals surface area contributed by atoms with Crippen molar-refractivity contribution in [1.29, 1.82) is 0 Å². The van der Waals surface area contributed by atoms with Crippen LogP contribution in [0, 0.1) is 0 Å². The van der Waals surface area contributed by atoms with Crippen molar-refractivity contribution in [3.63, 3.8) is 0 Å². The Morgan fingerprint density at radius 2 is 0.768 bits per heavy atom. The predicted molar refractivity (Wildman–Crippen MR) is 288 cm³/mol. The second-order valence-corrected chi connectivity index (χ2v) is 19.0. The number of rotatable bonds is 5. The lowest BCUT2D eigenvalue weighted by Gasteiger charge is -2.36. The molecular weight excluding hydrogens is 831 g/mol. The third-order valence-corrected chi connectivity index (χ3v) is 15.7. The molecule has 0 N–H and O–H groups in total. The maximum absolute atomic E-state index is 2.60. The number of anilines is 3. The van der Waals surface area contributed by atoms with Crippen LogP contribution >= 0.6 is 0 Å². The standard InChI is InChI=1S/C68H43N/c1-2-19-43(20-3-1)66-56-30-9-8-26-51(56)59-41-44(37-39-57(59)66)46-21-13-17-35-64(46)69(45-38-40-52-49-24-5-4-22-47(49)48-23-6-7-25-50(48)60(52)42-45)65-36-18-31-58-55-29-12-16-34-63(55)68(67(58)65)61-32-14-10-27-53(61)54-28-11-15-33-62(54)68/h1-42,66H. The summed E-state index contributed by atoms with van der Waals surface area (Å²) in [5.41, 5.74) is 22.4. The highest BCUT2D eigenvalue weighted by Gasteiger charge is 2.53. The van der Waals surface area contributed by atoms with Gasteiger partial charge in [-0.3, -0.25) is 0 Å². The smallest absolute Gasteiger partial charge is 0.0746 e. The molecule has 1 spiro atoms. The molecular formula is C68H43N. The number of benzene rings is 12. The lowest BCUT2D eigenvalue weighted by Crippen LogP contribution is -2.28. The first kappa shape index (κ1) is 38.3. The van der Waals surface area contributed by atoms with Gasteiger partial charge >= 0.3 is 0 Å². The van der Waals surface area contributed by atoms with Gasteiger partial charge in [-0.1, -0.05) is 224 Å². The molecule has 0 fully saturated rings.